The Kier molecular flexibility index (Phi) is 5.22. The summed E-state index contributed by atoms with van der Waals surface area (Å²) in [5.74, 6) is -0.756. The first-order valence-corrected chi connectivity index (χ1v) is 9.86. The van der Waals surface area contributed by atoms with E-state index >= 15 is 0 Å². The highest BCUT2D eigenvalue weighted by molar-refractivity contribution is 7.15. The van der Waals surface area contributed by atoms with Crippen molar-refractivity contribution in [3.8, 4) is 10.6 Å². The highest BCUT2D eigenvalue weighted by Gasteiger charge is 2.14. The lowest BCUT2D eigenvalue weighted by atomic mass is 10.2. The van der Waals surface area contributed by atoms with Crippen LogP contribution in [0.4, 0.5) is 4.39 Å². The number of carbonyl (C=O) groups is 1. The van der Waals surface area contributed by atoms with Gasteiger partial charge in [-0.1, -0.05) is 18.2 Å². The summed E-state index contributed by atoms with van der Waals surface area (Å²) in [6.07, 6.45) is 0.579. The average molecular weight is 408 g/mol. The van der Waals surface area contributed by atoms with Crippen LogP contribution in [0.1, 0.15) is 20.9 Å². The van der Waals surface area contributed by atoms with E-state index in [1.54, 1.807) is 36.4 Å². The summed E-state index contributed by atoms with van der Waals surface area (Å²) < 4.78 is 18.3. The molecule has 1 N–H and O–H groups in total. The fourth-order valence-corrected chi connectivity index (χ4v) is 4.05. The summed E-state index contributed by atoms with van der Waals surface area (Å²) in [5, 5.41) is 4.27. The van der Waals surface area contributed by atoms with Gasteiger partial charge in [-0.25, -0.2) is 14.2 Å². The number of fused-ring (bicyclic) bond motifs is 1. The number of benzene rings is 2. The third-order valence-electron chi connectivity index (χ3n) is 4.51. The third kappa shape index (κ3) is 4.09. The van der Waals surface area contributed by atoms with Crippen molar-refractivity contribution in [2.24, 2.45) is 0 Å². The molecule has 2 heterocycles. The van der Waals surface area contributed by atoms with Crippen LogP contribution in [0, 0.1) is 12.7 Å². The highest BCUT2D eigenvalue weighted by atomic mass is 32.1. The Morgan fingerprint density at radius 3 is 2.72 bits per heavy atom. The normalized spacial score (nSPS) is 11.0. The van der Waals surface area contributed by atoms with E-state index < -0.39 is 11.5 Å². The molecule has 0 saturated carbocycles. The molecule has 2 aromatic carbocycles. The zero-order valence-electron chi connectivity index (χ0n) is 15.6. The number of aryl methyl sites for hydroxylation is 1. The Morgan fingerprint density at radius 2 is 1.93 bits per heavy atom. The van der Waals surface area contributed by atoms with Crippen LogP contribution in [0.25, 0.3) is 21.5 Å². The average Bonchev–Trinajstić information content (AvgIpc) is 3.08. The van der Waals surface area contributed by atoms with E-state index in [1.165, 1.54) is 23.5 Å². The molecule has 1 amide bonds. The number of halogens is 1. The predicted octanol–water partition coefficient (Wildman–Crippen LogP) is 4.34. The molecule has 0 radical (unpaired) electrons. The third-order valence-corrected chi connectivity index (χ3v) is 5.77. The number of hydrogen-bond donors (Lipinski definition) is 1. The molecule has 0 saturated heterocycles. The molecule has 7 heteroatoms. The summed E-state index contributed by atoms with van der Waals surface area (Å²) in [5.41, 5.74) is 1.49. The van der Waals surface area contributed by atoms with Gasteiger partial charge < -0.3 is 9.73 Å². The fraction of sp³-hybridized carbons (Fsp3) is 0.136. The molecule has 0 spiro atoms. The van der Waals surface area contributed by atoms with E-state index in [4.69, 9.17) is 4.42 Å². The second kappa shape index (κ2) is 7.97. The number of nitrogens with zero attached hydrogens (tertiary/aromatic N) is 1. The summed E-state index contributed by atoms with van der Waals surface area (Å²) in [6, 6.07) is 14.8. The molecule has 0 aliphatic heterocycles. The quantitative estimate of drug-likeness (QED) is 0.499. The van der Waals surface area contributed by atoms with Crippen molar-refractivity contribution < 1.29 is 13.6 Å². The van der Waals surface area contributed by atoms with Crippen LogP contribution in [0.5, 0.6) is 0 Å². The molecule has 0 aliphatic carbocycles. The summed E-state index contributed by atoms with van der Waals surface area (Å²) in [6.45, 7) is 2.26. The Bertz CT molecular complexity index is 1250. The van der Waals surface area contributed by atoms with Crippen LogP contribution in [0.2, 0.25) is 0 Å². The maximum absolute atomic E-state index is 13.1. The van der Waals surface area contributed by atoms with Gasteiger partial charge in [0, 0.05) is 28.8 Å². The molecule has 2 aromatic heterocycles. The monoisotopic (exact) mass is 408 g/mol. The molecule has 5 nitrogen and oxygen atoms in total. The van der Waals surface area contributed by atoms with Crippen molar-refractivity contribution in [2.45, 2.75) is 13.3 Å². The zero-order valence-corrected chi connectivity index (χ0v) is 16.4. The second-order valence-corrected chi connectivity index (χ2v) is 7.61. The standard InChI is InChI=1S/C22H17FN2O3S/c1-13-19(29-21(25-13)14-6-8-16(23)9-7-14)10-11-24-20(26)17-12-15-4-2-3-5-18(15)28-22(17)27/h2-9,12H,10-11H2,1H3,(H,24,26). The molecular weight excluding hydrogens is 391 g/mol. The van der Waals surface area contributed by atoms with Gasteiger partial charge in [-0.15, -0.1) is 11.3 Å². The molecule has 29 heavy (non-hydrogen) atoms. The molecule has 4 rings (SSSR count). The summed E-state index contributed by atoms with van der Waals surface area (Å²) in [7, 11) is 0. The van der Waals surface area contributed by atoms with E-state index in [9.17, 15) is 14.0 Å². The SMILES string of the molecule is Cc1nc(-c2ccc(F)cc2)sc1CCNC(=O)c1cc2ccccc2oc1=O. The molecular formula is C22H17FN2O3S. The Balaban J connectivity index is 1.44. The van der Waals surface area contributed by atoms with Gasteiger partial charge in [0.1, 0.15) is 22.0 Å². The van der Waals surface area contributed by atoms with Crippen molar-refractivity contribution in [1.82, 2.24) is 10.3 Å². The van der Waals surface area contributed by atoms with Crippen molar-refractivity contribution in [1.29, 1.82) is 0 Å². The van der Waals surface area contributed by atoms with Crippen LogP contribution in [0.3, 0.4) is 0 Å². The van der Waals surface area contributed by atoms with Crippen molar-refractivity contribution in [3.05, 3.63) is 87.0 Å². The van der Waals surface area contributed by atoms with Gasteiger partial charge in [0.15, 0.2) is 0 Å². The number of para-hydroxylation sites is 1. The Morgan fingerprint density at radius 1 is 1.17 bits per heavy atom. The van der Waals surface area contributed by atoms with E-state index in [0.717, 1.165) is 21.1 Å². The second-order valence-electron chi connectivity index (χ2n) is 6.53. The molecule has 0 atom stereocenters. The van der Waals surface area contributed by atoms with Crippen LogP contribution in [-0.2, 0) is 6.42 Å². The van der Waals surface area contributed by atoms with E-state index in [1.807, 2.05) is 13.0 Å². The van der Waals surface area contributed by atoms with Crippen LogP contribution >= 0.6 is 11.3 Å². The number of rotatable bonds is 5. The number of amides is 1. The minimum Gasteiger partial charge on any atom is -0.422 e. The van der Waals surface area contributed by atoms with E-state index in [2.05, 4.69) is 10.3 Å². The molecule has 0 fully saturated rings. The number of aromatic nitrogens is 1. The smallest absolute Gasteiger partial charge is 0.349 e. The minimum atomic E-state index is -0.659. The number of nitrogens with one attached hydrogen (secondary N) is 1. The molecule has 4 aromatic rings. The lowest BCUT2D eigenvalue weighted by Crippen LogP contribution is -2.29. The van der Waals surface area contributed by atoms with E-state index in [-0.39, 0.29) is 11.4 Å². The summed E-state index contributed by atoms with van der Waals surface area (Å²) in [4.78, 5) is 30.1. The van der Waals surface area contributed by atoms with Gasteiger partial charge in [0.05, 0.1) is 5.69 Å². The van der Waals surface area contributed by atoms with Crippen molar-refractivity contribution in [2.75, 3.05) is 6.54 Å². The van der Waals surface area contributed by atoms with Crippen molar-refractivity contribution >= 4 is 28.2 Å². The van der Waals surface area contributed by atoms with Crippen LogP contribution in [-0.4, -0.2) is 17.4 Å². The van der Waals surface area contributed by atoms with Crippen LogP contribution < -0.4 is 10.9 Å². The topological polar surface area (TPSA) is 72.2 Å². The summed E-state index contributed by atoms with van der Waals surface area (Å²) >= 11 is 1.51. The molecule has 0 bridgehead atoms. The molecule has 146 valence electrons. The zero-order chi connectivity index (χ0) is 20.4. The minimum absolute atomic E-state index is 0.0169. The van der Waals surface area contributed by atoms with Gasteiger partial charge in [0.25, 0.3) is 5.91 Å². The van der Waals surface area contributed by atoms with Gasteiger partial charge in [-0.2, -0.15) is 0 Å². The molecule has 0 unspecified atom stereocenters. The first-order valence-electron chi connectivity index (χ1n) is 9.04. The Labute approximate surface area is 169 Å². The van der Waals surface area contributed by atoms with Gasteiger partial charge in [-0.05, 0) is 43.3 Å². The predicted molar refractivity (Wildman–Crippen MR) is 111 cm³/mol. The van der Waals surface area contributed by atoms with Crippen molar-refractivity contribution in [3.63, 3.8) is 0 Å². The highest BCUT2D eigenvalue weighted by Crippen LogP contribution is 2.28. The first-order chi connectivity index (χ1) is 14.0. The van der Waals surface area contributed by atoms with Gasteiger partial charge >= 0.3 is 5.63 Å². The Hall–Kier alpha value is -3.32. The number of carbonyl (C=O) groups excluding carboxylic acids is 1. The maximum Gasteiger partial charge on any atom is 0.349 e. The molecule has 0 aliphatic rings. The number of hydrogen-bond acceptors (Lipinski definition) is 5. The fourth-order valence-electron chi connectivity index (χ4n) is 2.98. The van der Waals surface area contributed by atoms with Gasteiger partial charge in [0.2, 0.25) is 0 Å². The van der Waals surface area contributed by atoms with Crippen LogP contribution in [0.15, 0.2) is 63.8 Å². The van der Waals surface area contributed by atoms with Gasteiger partial charge in [-0.3, -0.25) is 4.79 Å². The maximum atomic E-state index is 13.1. The van der Waals surface area contributed by atoms with E-state index in [0.29, 0.717) is 23.9 Å². The first kappa shape index (κ1) is 19.0. The lowest BCUT2D eigenvalue weighted by molar-refractivity contribution is 0.0950. The lowest BCUT2D eigenvalue weighted by Gasteiger charge is -2.05. The largest absolute Gasteiger partial charge is 0.422 e. The number of thiazole rings is 1.